The molecule has 18 heavy (non-hydrogen) atoms. The van der Waals surface area contributed by atoms with Crippen molar-refractivity contribution in [1.29, 1.82) is 0 Å². The SMILES string of the molecule is CCCN(CCC(C)(C)C)c1ccnc(CC)n1. The second kappa shape index (κ2) is 6.72. The summed E-state index contributed by atoms with van der Waals surface area (Å²) in [6.45, 7) is 13.3. The zero-order valence-electron chi connectivity index (χ0n) is 12.5. The van der Waals surface area contributed by atoms with Crippen LogP contribution in [0.5, 0.6) is 0 Å². The van der Waals surface area contributed by atoms with Crippen molar-refractivity contribution in [3.8, 4) is 0 Å². The molecule has 0 aliphatic heterocycles. The first-order chi connectivity index (χ1) is 8.46. The summed E-state index contributed by atoms with van der Waals surface area (Å²) in [4.78, 5) is 11.3. The topological polar surface area (TPSA) is 29.0 Å². The minimum atomic E-state index is 0.368. The van der Waals surface area contributed by atoms with Crippen LogP contribution in [0.25, 0.3) is 0 Å². The van der Waals surface area contributed by atoms with Crippen LogP contribution in [0, 0.1) is 5.41 Å². The highest BCUT2D eigenvalue weighted by molar-refractivity contribution is 5.37. The number of rotatable bonds is 6. The molecular weight excluding hydrogens is 222 g/mol. The van der Waals surface area contributed by atoms with E-state index in [9.17, 15) is 0 Å². The molecule has 0 spiro atoms. The van der Waals surface area contributed by atoms with Gasteiger partial charge in [0.1, 0.15) is 11.6 Å². The standard InChI is InChI=1S/C15H27N3/c1-6-11-18(12-9-15(3,4)5)14-8-10-16-13(7-2)17-14/h8,10H,6-7,9,11-12H2,1-5H3. The van der Waals surface area contributed by atoms with E-state index in [2.05, 4.69) is 49.5 Å². The van der Waals surface area contributed by atoms with Crippen LogP contribution < -0.4 is 4.90 Å². The lowest BCUT2D eigenvalue weighted by atomic mass is 9.92. The number of hydrogen-bond acceptors (Lipinski definition) is 3. The highest BCUT2D eigenvalue weighted by Gasteiger charge is 2.14. The molecule has 102 valence electrons. The fourth-order valence-electron chi connectivity index (χ4n) is 1.82. The zero-order chi connectivity index (χ0) is 13.6. The first kappa shape index (κ1) is 14.9. The van der Waals surface area contributed by atoms with Gasteiger partial charge in [-0.2, -0.15) is 0 Å². The number of aromatic nitrogens is 2. The predicted octanol–water partition coefficient (Wildman–Crippen LogP) is 3.69. The molecular formula is C15H27N3. The van der Waals surface area contributed by atoms with Crippen molar-refractivity contribution >= 4 is 5.82 Å². The molecule has 3 nitrogen and oxygen atoms in total. The van der Waals surface area contributed by atoms with Gasteiger partial charge in [-0.15, -0.1) is 0 Å². The monoisotopic (exact) mass is 249 g/mol. The molecule has 1 aromatic rings. The Morgan fingerprint density at radius 2 is 1.89 bits per heavy atom. The third kappa shape index (κ3) is 5.03. The first-order valence-corrected chi connectivity index (χ1v) is 7.03. The number of nitrogens with zero attached hydrogens (tertiary/aromatic N) is 3. The molecule has 0 aliphatic carbocycles. The van der Waals surface area contributed by atoms with Gasteiger partial charge in [0.15, 0.2) is 0 Å². The average Bonchev–Trinajstić information content (AvgIpc) is 2.33. The van der Waals surface area contributed by atoms with E-state index >= 15 is 0 Å². The molecule has 0 saturated carbocycles. The van der Waals surface area contributed by atoms with Crippen LogP contribution in [-0.4, -0.2) is 23.1 Å². The molecule has 0 saturated heterocycles. The second-order valence-electron chi connectivity index (χ2n) is 5.98. The van der Waals surface area contributed by atoms with Crippen molar-refractivity contribution in [2.45, 2.75) is 53.9 Å². The number of anilines is 1. The minimum absolute atomic E-state index is 0.368. The lowest BCUT2D eigenvalue weighted by Gasteiger charge is -2.27. The van der Waals surface area contributed by atoms with Gasteiger partial charge in [0.05, 0.1) is 0 Å². The highest BCUT2D eigenvalue weighted by atomic mass is 15.2. The predicted molar refractivity (Wildman–Crippen MR) is 78.0 cm³/mol. The summed E-state index contributed by atoms with van der Waals surface area (Å²) in [6.07, 6.45) is 5.10. The highest BCUT2D eigenvalue weighted by Crippen LogP contribution is 2.21. The Kier molecular flexibility index (Phi) is 5.57. The maximum absolute atomic E-state index is 4.63. The molecule has 0 fully saturated rings. The molecule has 0 unspecified atom stereocenters. The van der Waals surface area contributed by atoms with Crippen molar-refractivity contribution in [3.05, 3.63) is 18.1 Å². The van der Waals surface area contributed by atoms with E-state index in [0.717, 1.165) is 37.6 Å². The zero-order valence-corrected chi connectivity index (χ0v) is 12.5. The van der Waals surface area contributed by atoms with E-state index in [1.54, 1.807) is 0 Å². The minimum Gasteiger partial charge on any atom is -0.357 e. The fraction of sp³-hybridized carbons (Fsp3) is 0.733. The maximum atomic E-state index is 4.63. The summed E-state index contributed by atoms with van der Waals surface area (Å²) in [5, 5.41) is 0. The van der Waals surface area contributed by atoms with Gasteiger partial charge in [-0.25, -0.2) is 9.97 Å². The Labute approximate surface area is 112 Å². The Balaban J connectivity index is 2.76. The van der Waals surface area contributed by atoms with Crippen molar-refractivity contribution in [1.82, 2.24) is 9.97 Å². The van der Waals surface area contributed by atoms with E-state index in [1.165, 1.54) is 6.42 Å². The quantitative estimate of drug-likeness (QED) is 0.770. The van der Waals surface area contributed by atoms with Gasteiger partial charge in [0, 0.05) is 25.7 Å². The van der Waals surface area contributed by atoms with Crippen LogP contribution in [0.1, 0.15) is 53.3 Å². The lowest BCUT2D eigenvalue weighted by molar-refractivity contribution is 0.378. The van der Waals surface area contributed by atoms with Crippen LogP contribution in [0.2, 0.25) is 0 Å². The van der Waals surface area contributed by atoms with Crippen molar-refractivity contribution in [3.63, 3.8) is 0 Å². The van der Waals surface area contributed by atoms with E-state index in [1.807, 2.05) is 12.3 Å². The summed E-state index contributed by atoms with van der Waals surface area (Å²) < 4.78 is 0. The third-order valence-electron chi connectivity index (χ3n) is 2.96. The van der Waals surface area contributed by atoms with Crippen LogP contribution in [0.4, 0.5) is 5.82 Å². The normalized spacial score (nSPS) is 11.6. The smallest absolute Gasteiger partial charge is 0.132 e. The van der Waals surface area contributed by atoms with Gasteiger partial charge in [-0.1, -0.05) is 34.6 Å². The summed E-state index contributed by atoms with van der Waals surface area (Å²) >= 11 is 0. The van der Waals surface area contributed by atoms with E-state index in [0.29, 0.717) is 5.41 Å². The molecule has 0 radical (unpaired) electrons. The van der Waals surface area contributed by atoms with Gasteiger partial charge < -0.3 is 4.90 Å². The van der Waals surface area contributed by atoms with Gasteiger partial charge in [-0.3, -0.25) is 0 Å². The molecule has 1 rings (SSSR count). The molecule has 3 heteroatoms. The molecule has 1 aromatic heterocycles. The van der Waals surface area contributed by atoms with Gasteiger partial charge in [-0.05, 0) is 24.3 Å². The summed E-state index contributed by atoms with van der Waals surface area (Å²) in [5.74, 6) is 2.01. The molecule has 0 aromatic carbocycles. The second-order valence-corrected chi connectivity index (χ2v) is 5.98. The summed E-state index contributed by atoms with van der Waals surface area (Å²) in [7, 11) is 0. The Morgan fingerprint density at radius 1 is 1.17 bits per heavy atom. The Morgan fingerprint density at radius 3 is 2.44 bits per heavy atom. The van der Waals surface area contributed by atoms with E-state index in [4.69, 9.17) is 0 Å². The van der Waals surface area contributed by atoms with Gasteiger partial charge in [0.25, 0.3) is 0 Å². The third-order valence-corrected chi connectivity index (χ3v) is 2.96. The van der Waals surface area contributed by atoms with Crippen LogP contribution in [-0.2, 0) is 6.42 Å². The summed E-state index contributed by atoms with van der Waals surface area (Å²) in [5.41, 5.74) is 0.368. The van der Waals surface area contributed by atoms with E-state index in [-0.39, 0.29) is 0 Å². The molecule has 1 heterocycles. The largest absolute Gasteiger partial charge is 0.357 e. The number of aryl methyl sites for hydroxylation is 1. The molecule has 0 bridgehead atoms. The maximum Gasteiger partial charge on any atom is 0.132 e. The van der Waals surface area contributed by atoms with Crippen LogP contribution >= 0.6 is 0 Å². The first-order valence-electron chi connectivity index (χ1n) is 7.03. The fourth-order valence-corrected chi connectivity index (χ4v) is 1.82. The van der Waals surface area contributed by atoms with Crippen molar-refractivity contribution < 1.29 is 0 Å². The Bertz CT molecular complexity index is 355. The van der Waals surface area contributed by atoms with Crippen LogP contribution in [0.3, 0.4) is 0 Å². The summed E-state index contributed by atoms with van der Waals surface area (Å²) in [6, 6.07) is 2.03. The Hall–Kier alpha value is -1.12. The van der Waals surface area contributed by atoms with Gasteiger partial charge >= 0.3 is 0 Å². The molecule has 0 amide bonds. The van der Waals surface area contributed by atoms with E-state index < -0.39 is 0 Å². The number of hydrogen-bond donors (Lipinski definition) is 0. The molecule has 0 N–H and O–H groups in total. The van der Waals surface area contributed by atoms with Crippen molar-refractivity contribution in [2.75, 3.05) is 18.0 Å². The van der Waals surface area contributed by atoms with Gasteiger partial charge in [0.2, 0.25) is 0 Å². The average molecular weight is 249 g/mol. The van der Waals surface area contributed by atoms with Crippen LogP contribution in [0.15, 0.2) is 12.3 Å². The molecule has 0 atom stereocenters. The lowest BCUT2D eigenvalue weighted by Crippen LogP contribution is -2.29. The van der Waals surface area contributed by atoms with Crippen molar-refractivity contribution in [2.24, 2.45) is 5.41 Å². The molecule has 0 aliphatic rings.